The largest absolute Gasteiger partial charge is 0.365 e. The molecule has 1 heterocycles. The molecule has 0 aliphatic rings. The zero-order valence-corrected chi connectivity index (χ0v) is 13.4. The molecule has 0 bridgehead atoms. The van der Waals surface area contributed by atoms with Gasteiger partial charge in [0.05, 0.1) is 0 Å². The molecule has 6 heteroatoms. The van der Waals surface area contributed by atoms with Crippen LogP contribution in [0.3, 0.4) is 0 Å². The second-order valence-electron chi connectivity index (χ2n) is 5.43. The van der Waals surface area contributed by atoms with Crippen LogP contribution in [0.5, 0.6) is 0 Å². The molecule has 0 unspecified atom stereocenters. The van der Waals surface area contributed by atoms with Crippen molar-refractivity contribution in [1.82, 2.24) is 10.2 Å². The Hall–Kier alpha value is -2.14. The van der Waals surface area contributed by atoms with Crippen molar-refractivity contribution in [2.45, 2.75) is 26.8 Å². The maximum atomic E-state index is 11.6. The van der Waals surface area contributed by atoms with Gasteiger partial charge in [-0.1, -0.05) is 37.6 Å². The summed E-state index contributed by atoms with van der Waals surface area (Å²) < 4.78 is 0. The fourth-order valence-electron chi connectivity index (χ4n) is 1.85. The zero-order valence-electron chi connectivity index (χ0n) is 12.6. The molecule has 1 aromatic carbocycles. The maximum Gasteiger partial charge on any atom is 0.225 e. The number of aromatic nitrogens is 2. The van der Waals surface area contributed by atoms with Gasteiger partial charge in [0.1, 0.15) is 5.82 Å². The van der Waals surface area contributed by atoms with Gasteiger partial charge in [-0.25, -0.2) is 0 Å². The highest BCUT2D eigenvalue weighted by Gasteiger charge is 2.06. The second-order valence-corrected chi connectivity index (χ2v) is 5.87. The smallest absolute Gasteiger partial charge is 0.225 e. The van der Waals surface area contributed by atoms with Gasteiger partial charge in [-0.15, -0.1) is 10.2 Å². The van der Waals surface area contributed by atoms with Gasteiger partial charge in [-0.3, -0.25) is 4.79 Å². The quantitative estimate of drug-likeness (QED) is 0.851. The van der Waals surface area contributed by atoms with Crippen LogP contribution in [0, 0.1) is 5.92 Å². The first-order valence-corrected chi connectivity index (χ1v) is 7.52. The highest BCUT2D eigenvalue weighted by molar-refractivity contribution is 6.30. The number of amides is 1. The Morgan fingerprint density at radius 2 is 1.73 bits per heavy atom. The van der Waals surface area contributed by atoms with E-state index in [-0.39, 0.29) is 5.91 Å². The Bertz CT molecular complexity index is 611. The van der Waals surface area contributed by atoms with E-state index in [0.717, 1.165) is 5.56 Å². The number of carbonyl (C=O) groups is 1. The van der Waals surface area contributed by atoms with E-state index in [4.69, 9.17) is 11.6 Å². The molecule has 2 aromatic rings. The Balaban J connectivity index is 1.86. The molecule has 2 rings (SSSR count). The Labute approximate surface area is 135 Å². The van der Waals surface area contributed by atoms with E-state index in [1.807, 2.05) is 38.1 Å². The number of hydrogen-bond acceptors (Lipinski definition) is 4. The van der Waals surface area contributed by atoms with Gasteiger partial charge < -0.3 is 10.6 Å². The van der Waals surface area contributed by atoms with Gasteiger partial charge in [-0.2, -0.15) is 0 Å². The first-order chi connectivity index (χ1) is 10.5. The number of anilines is 2. The third-order valence-electron chi connectivity index (χ3n) is 2.91. The SMILES string of the molecule is CC(C)CC(=O)Nc1ccc(NCc2ccc(Cl)cc2)nn1. The fourth-order valence-corrected chi connectivity index (χ4v) is 1.98. The van der Waals surface area contributed by atoms with Crippen LogP contribution in [-0.2, 0) is 11.3 Å². The average molecular weight is 319 g/mol. The number of hydrogen-bond donors (Lipinski definition) is 2. The van der Waals surface area contributed by atoms with Gasteiger partial charge in [0.15, 0.2) is 5.82 Å². The summed E-state index contributed by atoms with van der Waals surface area (Å²) in [5.74, 6) is 1.37. The molecule has 0 radical (unpaired) electrons. The molecule has 0 spiro atoms. The third-order valence-corrected chi connectivity index (χ3v) is 3.16. The van der Waals surface area contributed by atoms with E-state index < -0.39 is 0 Å². The average Bonchev–Trinajstić information content (AvgIpc) is 2.47. The lowest BCUT2D eigenvalue weighted by molar-refractivity contribution is -0.116. The molecule has 0 aliphatic heterocycles. The van der Waals surface area contributed by atoms with E-state index in [0.29, 0.717) is 35.5 Å². The minimum Gasteiger partial charge on any atom is -0.365 e. The molecule has 116 valence electrons. The predicted octanol–water partition coefficient (Wildman–Crippen LogP) is 3.73. The molecule has 22 heavy (non-hydrogen) atoms. The van der Waals surface area contributed by atoms with E-state index in [2.05, 4.69) is 20.8 Å². The molecule has 0 aliphatic carbocycles. The monoisotopic (exact) mass is 318 g/mol. The predicted molar refractivity (Wildman–Crippen MR) is 88.9 cm³/mol. The van der Waals surface area contributed by atoms with E-state index >= 15 is 0 Å². The van der Waals surface area contributed by atoms with Crippen LogP contribution in [0.25, 0.3) is 0 Å². The standard InChI is InChI=1S/C16H19ClN4O/c1-11(2)9-16(22)19-15-8-7-14(20-21-15)18-10-12-3-5-13(17)6-4-12/h3-8,11H,9-10H2,1-2H3,(H,18,20)(H,19,21,22). The van der Waals surface area contributed by atoms with Crippen LogP contribution in [0.15, 0.2) is 36.4 Å². The van der Waals surface area contributed by atoms with Crippen LogP contribution >= 0.6 is 11.6 Å². The number of benzene rings is 1. The zero-order chi connectivity index (χ0) is 15.9. The highest BCUT2D eigenvalue weighted by Crippen LogP contribution is 2.12. The maximum absolute atomic E-state index is 11.6. The molecule has 2 N–H and O–H groups in total. The summed E-state index contributed by atoms with van der Waals surface area (Å²) in [6, 6.07) is 11.1. The normalized spacial score (nSPS) is 10.5. The number of rotatable bonds is 6. The lowest BCUT2D eigenvalue weighted by Gasteiger charge is -2.08. The molecule has 0 atom stereocenters. The van der Waals surface area contributed by atoms with E-state index in [1.165, 1.54) is 0 Å². The minimum atomic E-state index is -0.0498. The van der Waals surface area contributed by atoms with Crippen molar-refractivity contribution in [3.05, 3.63) is 47.0 Å². The topological polar surface area (TPSA) is 66.9 Å². The molecule has 0 fully saturated rings. The minimum absolute atomic E-state index is 0.0498. The summed E-state index contributed by atoms with van der Waals surface area (Å²) in [5, 5.41) is 14.6. The molecule has 1 amide bonds. The van der Waals surface area contributed by atoms with Crippen LogP contribution < -0.4 is 10.6 Å². The Kier molecular flexibility index (Phi) is 5.72. The molecule has 0 saturated carbocycles. The van der Waals surface area contributed by atoms with Crippen LogP contribution in [0.1, 0.15) is 25.8 Å². The van der Waals surface area contributed by atoms with Crippen LogP contribution in [0.4, 0.5) is 11.6 Å². The summed E-state index contributed by atoms with van der Waals surface area (Å²) in [5.41, 5.74) is 1.10. The van der Waals surface area contributed by atoms with Crippen molar-refractivity contribution >= 4 is 29.1 Å². The van der Waals surface area contributed by atoms with Crippen molar-refractivity contribution < 1.29 is 4.79 Å². The summed E-state index contributed by atoms with van der Waals surface area (Å²) in [7, 11) is 0. The highest BCUT2D eigenvalue weighted by atomic mass is 35.5. The first-order valence-electron chi connectivity index (χ1n) is 7.15. The van der Waals surface area contributed by atoms with Crippen LogP contribution in [-0.4, -0.2) is 16.1 Å². The molecular weight excluding hydrogens is 300 g/mol. The number of nitrogens with zero attached hydrogens (tertiary/aromatic N) is 2. The number of halogens is 1. The van der Waals surface area contributed by atoms with Crippen LogP contribution in [0.2, 0.25) is 5.02 Å². The van der Waals surface area contributed by atoms with Gasteiger partial charge in [0.25, 0.3) is 0 Å². The van der Waals surface area contributed by atoms with E-state index in [1.54, 1.807) is 12.1 Å². The second kappa shape index (κ2) is 7.75. The van der Waals surface area contributed by atoms with Gasteiger partial charge in [-0.05, 0) is 35.7 Å². The lowest BCUT2D eigenvalue weighted by Crippen LogP contribution is -2.15. The van der Waals surface area contributed by atoms with Crippen molar-refractivity contribution in [2.75, 3.05) is 10.6 Å². The fraction of sp³-hybridized carbons (Fsp3) is 0.312. The summed E-state index contributed by atoms with van der Waals surface area (Å²) >= 11 is 5.84. The number of nitrogens with one attached hydrogen (secondary N) is 2. The Morgan fingerprint density at radius 1 is 1.09 bits per heavy atom. The van der Waals surface area contributed by atoms with Gasteiger partial charge in [0.2, 0.25) is 5.91 Å². The van der Waals surface area contributed by atoms with Crippen molar-refractivity contribution in [1.29, 1.82) is 0 Å². The third kappa shape index (κ3) is 5.33. The van der Waals surface area contributed by atoms with Crippen molar-refractivity contribution in [3.8, 4) is 0 Å². The van der Waals surface area contributed by atoms with Crippen molar-refractivity contribution in [3.63, 3.8) is 0 Å². The molecule has 5 nitrogen and oxygen atoms in total. The van der Waals surface area contributed by atoms with E-state index in [9.17, 15) is 4.79 Å². The summed E-state index contributed by atoms with van der Waals surface area (Å²) in [6.45, 7) is 4.62. The molecule has 1 aromatic heterocycles. The number of carbonyl (C=O) groups excluding carboxylic acids is 1. The molecule has 0 saturated heterocycles. The molecular formula is C16H19ClN4O. The Morgan fingerprint density at radius 3 is 2.32 bits per heavy atom. The lowest BCUT2D eigenvalue weighted by atomic mass is 10.1. The summed E-state index contributed by atoms with van der Waals surface area (Å²) in [4.78, 5) is 11.6. The van der Waals surface area contributed by atoms with Gasteiger partial charge in [0, 0.05) is 18.0 Å². The van der Waals surface area contributed by atoms with Crippen molar-refractivity contribution in [2.24, 2.45) is 5.92 Å². The summed E-state index contributed by atoms with van der Waals surface area (Å²) in [6.07, 6.45) is 0.470. The first kappa shape index (κ1) is 16.2. The van der Waals surface area contributed by atoms with Gasteiger partial charge >= 0.3 is 0 Å².